The number of halogens is 3. The van der Waals surface area contributed by atoms with Crippen LogP contribution in [-0.4, -0.2) is 53.6 Å². The SMILES string of the molecule is CC(C)C[N+]1(CC2CC2)CC[C@]23c4c5c(O)cc(NC(=O)C(=Cc6ccccc6)OC(F)(F)F)c4O[C@H]2CCC[C@H]3[C@H]1C5. The number of carbonyl (C=O) groups is 1. The molecule has 0 radical (unpaired) electrons. The van der Waals surface area contributed by atoms with E-state index in [0.29, 0.717) is 29.2 Å². The van der Waals surface area contributed by atoms with E-state index < -0.39 is 18.0 Å². The zero-order valence-electron chi connectivity index (χ0n) is 24.8. The van der Waals surface area contributed by atoms with Crippen molar-refractivity contribution in [2.24, 2.45) is 17.8 Å². The van der Waals surface area contributed by atoms with Crippen LogP contribution >= 0.6 is 0 Å². The average molecular weight is 598 g/mol. The second kappa shape index (κ2) is 10.2. The third-order valence-electron chi connectivity index (χ3n) is 10.7. The maximum atomic E-state index is 13.4. The monoisotopic (exact) mass is 597 g/mol. The molecule has 2 saturated carbocycles. The zero-order valence-corrected chi connectivity index (χ0v) is 24.8. The summed E-state index contributed by atoms with van der Waals surface area (Å²) in [7, 11) is 0. The Labute approximate surface area is 250 Å². The smallest absolute Gasteiger partial charge is 0.508 e. The van der Waals surface area contributed by atoms with Crippen molar-refractivity contribution in [3.63, 3.8) is 0 Å². The van der Waals surface area contributed by atoms with Gasteiger partial charge in [-0.25, -0.2) is 0 Å². The number of phenolic OH excluding ortho intramolecular Hbond substituents is 1. The van der Waals surface area contributed by atoms with Crippen molar-refractivity contribution >= 4 is 17.7 Å². The van der Waals surface area contributed by atoms with Crippen LogP contribution in [0, 0.1) is 17.8 Å². The first kappa shape index (κ1) is 28.6. The number of piperidine rings is 1. The molecule has 2 aromatic carbocycles. The number of carbonyl (C=O) groups excluding carboxylic acids is 1. The summed E-state index contributed by atoms with van der Waals surface area (Å²) in [4.78, 5) is 13.3. The van der Waals surface area contributed by atoms with Gasteiger partial charge < -0.3 is 24.4 Å². The van der Waals surface area contributed by atoms with Crippen LogP contribution in [0.4, 0.5) is 18.9 Å². The second-order valence-electron chi connectivity index (χ2n) is 13.9. The average Bonchev–Trinajstić information content (AvgIpc) is 3.69. The molecule has 9 heteroatoms. The van der Waals surface area contributed by atoms with Gasteiger partial charge in [-0.2, -0.15) is 0 Å². The lowest BCUT2D eigenvalue weighted by Gasteiger charge is -2.62. The number of alkyl halides is 3. The summed E-state index contributed by atoms with van der Waals surface area (Å²) in [6.07, 6.45) is 3.29. The summed E-state index contributed by atoms with van der Waals surface area (Å²) in [6, 6.07) is 10.1. The van der Waals surface area contributed by atoms with Crippen molar-refractivity contribution in [2.45, 2.75) is 82.7 Å². The highest BCUT2D eigenvalue weighted by Gasteiger charge is 2.68. The van der Waals surface area contributed by atoms with E-state index in [1.165, 1.54) is 25.5 Å². The molecular weight excluding hydrogens is 557 g/mol. The molecule has 2 aromatic rings. The van der Waals surface area contributed by atoms with E-state index in [-0.39, 0.29) is 23.0 Å². The highest BCUT2D eigenvalue weighted by Crippen LogP contribution is 2.66. The van der Waals surface area contributed by atoms with Crippen LogP contribution in [0.3, 0.4) is 0 Å². The summed E-state index contributed by atoms with van der Waals surface area (Å²) in [5.41, 5.74) is 2.21. The van der Waals surface area contributed by atoms with Gasteiger partial charge in [-0.1, -0.05) is 44.2 Å². The maximum Gasteiger partial charge on any atom is 0.573 e. The molecule has 5 atom stereocenters. The highest BCUT2D eigenvalue weighted by atomic mass is 19.4. The number of phenols is 1. The van der Waals surface area contributed by atoms with Crippen molar-refractivity contribution in [1.82, 2.24) is 0 Å². The van der Waals surface area contributed by atoms with E-state index in [4.69, 9.17) is 4.74 Å². The fraction of sp³-hybridized carbons (Fsp3) is 0.559. The molecule has 2 bridgehead atoms. The number of benzene rings is 2. The first-order chi connectivity index (χ1) is 20.5. The van der Waals surface area contributed by atoms with Crippen LogP contribution in [0.5, 0.6) is 11.5 Å². The Kier molecular flexibility index (Phi) is 6.76. The molecule has 0 aromatic heterocycles. The molecule has 6 nitrogen and oxygen atoms in total. The number of ether oxygens (including phenoxy) is 2. The molecule has 43 heavy (non-hydrogen) atoms. The van der Waals surface area contributed by atoms with Gasteiger partial charge in [0.2, 0.25) is 0 Å². The third kappa shape index (κ3) is 4.88. The van der Waals surface area contributed by atoms with Crippen LogP contribution in [0.25, 0.3) is 6.08 Å². The summed E-state index contributed by atoms with van der Waals surface area (Å²) < 4.78 is 52.0. The molecule has 3 fully saturated rings. The standard InChI is InChI=1S/C34H39F3N2O4/c1-20(2)18-39(19-22-11-12-22)14-13-33-24-9-6-10-29(33)42-31-25(17-27(40)23(30(31)33)16-26(24)39)38-32(41)28(43-34(35,36)37)15-21-7-4-3-5-8-21/h3-5,7-8,15,17,20,22,24,26,29H,6,9-14,16,18-19H2,1-2H3,(H-,38,40,41)/p+1/t24-,26+,29-,33+,39?/m0/s1. The number of amides is 1. The van der Waals surface area contributed by atoms with Gasteiger partial charge in [-0.05, 0) is 43.7 Å². The molecular formula is C34H40F3N2O4+. The van der Waals surface area contributed by atoms with Crippen molar-refractivity contribution in [2.75, 3.05) is 25.0 Å². The van der Waals surface area contributed by atoms with Crippen LogP contribution in [0.15, 0.2) is 42.2 Å². The van der Waals surface area contributed by atoms with Gasteiger partial charge in [-0.3, -0.25) is 4.79 Å². The summed E-state index contributed by atoms with van der Waals surface area (Å²) in [5, 5.41) is 14.1. The van der Waals surface area contributed by atoms with Crippen LogP contribution in [0.2, 0.25) is 0 Å². The first-order valence-electron chi connectivity index (χ1n) is 15.7. The molecule has 1 saturated heterocycles. The fourth-order valence-electron chi connectivity index (χ4n) is 9.26. The minimum Gasteiger partial charge on any atom is -0.508 e. The molecule has 2 aliphatic heterocycles. The maximum absolute atomic E-state index is 13.4. The lowest BCUT2D eigenvalue weighted by atomic mass is 9.51. The molecule has 7 rings (SSSR count). The van der Waals surface area contributed by atoms with Gasteiger partial charge in [0.25, 0.3) is 5.91 Å². The number of rotatable bonds is 8. The van der Waals surface area contributed by atoms with Gasteiger partial charge in [0.15, 0.2) is 5.76 Å². The number of hydrogen-bond donors (Lipinski definition) is 2. The number of quaternary nitrogens is 1. The van der Waals surface area contributed by atoms with E-state index >= 15 is 0 Å². The largest absolute Gasteiger partial charge is 0.573 e. The molecule has 3 aliphatic carbocycles. The molecule has 2 heterocycles. The van der Waals surface area contributed by atoms with E-state index in [1.54, 1.807) is 30.3 Å². The lowest BCUT2D eigenvalue weighted by molar-refractivity contribution is -0.966. The van der Waals surface area contributed by atoms with Gasteiger partial charge >= 0.3 is 6.36 Å². The molecule has 5 aliphatic rings. The quantitative estimate of drug-likeness (QED) is 0.197. The number of nitrogens with one attached hydrogen (secondary N) is 1. The van der Waals surface area contributed by atoms with Crippen molar-refractivity contribution in [3.8, 4) is 11.5 Å². The summed E-state index contributed by atoms with van der Waals surface area (Å²) >= 11 is 0. The Morgan fingerprint density at radius 1 is 1.21 bits per heavy atom. The minimum atomic E-state index is -5.05. The molecule has 2 N–H and O–H groups in total. The van der Waals surface area contributed by atoms with Crippen molar-refractivity contribution in [1.29, 1.82) is 0 Å². The van der Waals surface area contributed by atoms with Gasteiger partial charge in [0, 0.05) is 47.8 Å². The van der Waals surface area contributed by atoms with E-state index in [1.807, 2.05) is 0 Å². The number of likely N-dealkylation sites (tertiary alicyclic amines) is 1. The van der Waals surface area contributed by atoms with Crippen LogP contribution in [0.1, 0.15) is 69.1 Å². The van der Waals surface area contributed by atoms with Crippen molar-refractivity contribution < 1.29 is 37.0 Å². The minimum absolute atomic E-state index is 0.0758. The van der Waals surface area contributed by atoms with Gasteiger partial charge in [0.05, 0.1) is 36.8 Å². The van der Waals surface area contributed by atoms with Gasteiger partial charge in [-0.15, -0.1) is 13.2 Å². The number of nitrogens with zero attached hydrogens (tertiary/aromatic N) is 1. The Bertz CT molecular complexity index is 1450. The third-order valence-corrected chi connectivity index (χ3v) is 10.7. The fourth-order valence-corrected chi connectivity index (χ4v) is 9.26. The van der Waals surface area contributed by atoms with Crippen LogP contribution in [-0.2, 0) is 21.4 Å². The van der Waals surface area contributed by atoms with Crippen molar-refractivity contribution in [3.05, 3.63) is 58.8 Å². The Hall–Kier alpha value is -3.20. The molecule has 230 valence electrons. The Morgan fingerprint density at radius 3 is 2.67 bits per heavy atom. The first-order valence-corrected chi connectivity index (χ1v) is 15.7. The molecule has 1 spiro atoms. The summed E-state index contributed by atoms with van der Waals surface area (Å²) in [6.45, 7) is 8.02. The summed E-state index contributed by atoms with van der Waals surface area (Å²) in [5.74, 6) is 0.390. The lowest BCUT2D eigenvalue weighted by Crippen LogP contribution is -2.72. The van der Waals surface area contributed by atoms with Crippen LogP contribution < -0.4 is 10.1 Å². The normalized spacial score (nSPS) is 30.9. The number of anilines is 1. The Morgan fingerprint density at radius 2 is 1.98 bits per heavy atom. The van der Waals surface area contributed by atoms with E-state index in [0.717, 1.165) is 72.8 Å². The van der Waals surface area contributed by atoms with E-state index in [2.05, 4.69) is 23.9 Å². The predicted octanol–water partition coefficient (Wildman–Crippen LogP) is 6.92. The topological polar surface area (TPSA) is 67.8 Å². The second-order valence-corrected chi connectivity index (χ2v) is 13.9. The number of hydrogen-bond acceptors (Lipinski definition) is 4. The van der Waals surface area contributed by atoms with Gasteiger partial charge in [0.1, 0.15) is 17.6 Å². The zero-order chi connectivity index (χ0) is 30.1. The predicted molar refractivity (Wildman–Crippen MR) is 156 cm³/mol. The highest BCUT2D eigenvalue weighted by molar-refractivity contribution is 6.06. The van der Waals surface area contributed by atoms with E-state index in [9.17, 15) is 23.1 Å². The molecule has 1 amide bonds. The Balaban J connectivity index is 1.28. The number of aromatic hydroxyl groups is 1. The molecule has 1 unspecified atom stereocenters.